The Balaban J connectivity index is 1.86. The summed E-state index contributed by atoms with van der Waals surface area (Å²) in [5.74, 6) is -1.23. The van der Waals surface area contributed by atoms with E-state index in [1.54, 1.807) is 12.1 Å². The van der Waals surface area contributed by atoms with E-state index in [4.69, 9.17) is 0 Å². The largest absolute Gasteiger partial charge is 0.324 e. The maximum atomic E-state index is 13.1. The lowest BCUT2D eigenvalue weighted by Gasteiger charge is -2.18. The molecule has 7 heteroatoms. The van der Waals surface area contributed by atoms with E-state index >= 15 is 0 Å². The van der Waals surface area contributed by atoms with Crippen LogP contribution in [0, 0.1) is 13.8 Å². The standard InChI is InChI=1S/C22H24N2O4S/c1-5-17-9-11-18(12-10-17)21-16(4)22(26)24(29(21,27)28)13-19(25)23-20-14(2)7-6-8-15(20)3/h6-12H,5,13H2,1-4H3,(H,23,25). The van der Waals surface area contributed by atoms with Crippen LogP contribution in [-0.4, -0.2) is 31.1 Å². The molecule has 0 spiro atoms. The molecule has 2 aromatic rings. The molecule has 0 saturated carbocycles. The van der Waals surface area contributed by atoms with E-state index in [1.807, 2.05) is 51.1 Å². The highest BCUT2D eigenvalue weighted by Gasteiger charge is 2.43. The molecule has 0 aliphatic carbocycles. The Kier molecular flexibility index (Phi) is 5.61. The topological polar surface area (TPSA) is 83.6 Å². The van der Waals surface area contributed by atoms with Crippen LogP contribution < -0.4 is 5.32 Å². The molecular formula is C22H24N2O4S. The Bertz CT molecular complexity index is 1100. The van der Waals surface area contributed by atoms with E-state index in [0.29, 0.717) is 15.6 Å². The predicted octanol–water partition coefficient (Wildman–Crippen LogP) is 3.41. The van der Waals surface area contributed by atoms with E-state index < -0.39 is 28.4 Å². The molecule has 0 bridgehead atoms. The first kappa shape index (κ1) is 20.8. The molecule has 1 heterocycles. The molecule has 0 fully saturated rings. The number of anilines is 1. The maximum absolute atomic E-state index is 13.1. The molecule has 1 aliphatic rings. The number of nitrogens with zero attached hydrogens (tertiary/aromatic N) is 1. The number of sulfonamides is 1. The van der Waals surface area contributed by atoms with Gasteiger partial charge in [0.25, 0.3) is 15.9 Å². The molecule has 6 nitrogen and oxygen atoms in total. The highest BCUT2D eigenvalue weighted by Crippen LogP contribution is 2.35. The van der Waals surface area contributed by atoms with Crippen molar-refractivity contribution in [1.29, 1.82) is 0 Å². The summed E-state index contributed by atoms with van der Waals surface area (Å²) < 4.78 is 26.8. The van der Waals surface area contributed by atoms with Crippen LogP contribution in [-0.2, 0) is 26.0 Å². The molecule has 0 unspecified atom stereocenters. The van der Waals surface area contributed by atoms with Crippen LogP contribution >= 0.6 is 0 Å². The van der Waals surface area contributed by atoms with Crippen molar-refractivity contribution in [2.24, 2.45) is 0 Å². The van der Waals surface area contributed by atoms with Crippen molar-refractivity contribution in [2.75, 3.05) is 11.9 Å². The first-order valence-corrected chi connectivity index (χ1v) is 10.8. The van der Waals surface area contributed by atoms with Gasteiger partial charge in [0, 0.05) is 11.3 Å². The van der Waals surface area contributed by atoms with Crippen molar-refractivity contribution in [3.8, 4) is 0 Å². The smallest absolute Gasteiger partial charge is 0.268 e. The molecule has 2 amide bonds. The Morgan fingerprint density at radius 1 is 1.00 bits per heavy atom. The van der Waals surface area contributed by atoms with Crippen molar-refractivity contribution in [1.82, 2.24) is 4.31 Å². The van der Waals surface area contributed by atoms with Crippen LogP contribution in [0.15, 0.2) is 48.0 Å². The highest BCUT2D eigenvalue weighted by molar-refractivity contribution is 7.99. The minimum absolute atomic E-state index is 0.0370. The third-order valence-corrected chi connectivity index (χ3v) is 7.03. The minimum atomic E-state index is -4.10. The van der Waals surface area contributed by atoms with Gasteiger partial charge in [0.15, 0.2) is 0 Å². The minimum Gasteiger partial charge on any atom is -0.324 e. The number of rotatable bonds is 5. The highest BCUT2D eigenvalue weighted by atomic mass is 32.2. The summed E-state index contributed by atoms with van der Waals surface area (Å²) in [6.45, 7) is 6.62. The first-order chi connectivity index (χ1) is 13.7. The lowest BCUT2D eigenvalue weighted by atomic mass is 10.1. The van der Waals surface area contributed by atoms with Gasteiger partial charge in [-0.3, -0.25) is 9.59 Å². The molecule has 2 aromatic carbocycles. The number of hydrogen-bond donors (Lipinski definition) is 1. The number of para-hydroxylation sites is 1. The number of hydrogen-bond acceptors (Lipinski definition) is 4. The van der Waals surface area contributed by atoms with Crippen LogP contribution in [0.1, 0.15) is 36.1 Å². The van der Waals surface area contributed by atoms with Gasteiger partial charge in [-0.15, -0.1) is 0 Å². The lowest BCUT2D eigenvalue weighted by Crippen LogP contribution is -2.38. The van der Waals surface area contributed by atoms with Crippen molar-refractivity contribution in [3.63, 3.8) is 0 Å². The number of nitrogens with one attached hydrogen (secondary N) is 1. The van der Waals surface area contributed by atoms with Gasteiger partial charge in [0.05, 0.1) is 0 Å². The summed E-state index contributed by atoms with van der Waals surface area (Å²) in [5, 5.41) is 2.73. The van der Waals surface area contributed by atoms with Gasteiger partial charge in [-0.2, -0.15) is 0 Å². The number of benzene rings is 2. The monoisotopic (exact) mass is 412 g/mol. The summed E-state index contributed by atoms with van der Waals surface area (Å²) in [7, 11) is -4.10. The number of aryl methyl sites for hydroxylation is 3. The van der Waals surface area contributed by atoms with Crippen molar-refractivity contribution in [3.05, 3.63) is 70.3 Å². The molecule has 152 valence electrons. The molecule has 0 aromatic heterocycles. The van der Waals surface area contributed by atoms with Crippen LogP contribution in [0.5, 0.6) is 0 Å². The zero-order valence-corrected chi connectivity index (χ0v) is 17.8. The molecule has 29 heavy (non-hydrogen) atoms. The fraction of sp³-hybridized carbons (Fsp3) is 0.273. The van der Waals surface area contributed by atoms with Crippen LogP contribution in [0.4, 0.5) is 5.69 Å². The van der Waals surface area contributed by atoms with Gasteiger partial charge in [0.2, 0.25) is 5.91 Å². The van der Waals surface area contributed by atoms with Gasteiger partial charge in [-0.1, -0.05) is 49.4 Å². The number of carbonyl (C=O) groups is 2. The van der Waals surface area contributed by atoms with Crippen molar-refractivity contribution >= 4 is 32.4 Å². The van der Waals surface area contributed by atoms with Crippen LogP contribution in [0.2, 0.25) is 0 Å². The van der Waals surface area contributed by atoms with E-state index in [0.717, 1.165) is 23.1 Å². The van der Waals surface area contributed by atoms with Gasteiger partial charge in [-0.25, -0.2) is 12.7 Å². The summed E-state index contributed by atoms with van der Waals surface area (Å²) in [5.41, 5.74) is 3.99. The predicted molar refractivity (Wildman–Crippen MR) is 114 cm³/mol. The molecule has 0 atom stereocenters. The summed E-state index contributed by atoms with van der Waals surface area (Å²) in [6.07, 6.45) is 0.828. The van der Waals surface area contributed by atoms with Gasteiger partial charge >= 0.3 is 0 Å². The molecule has 1 aliphatic heterocycles. The fourth-order valence-electron chi connectivity index (χ4n) is 3.43. The summed E-state index contributed by atoms with van der Waals surface area (Å²) >= 11 is 0. The van der Waals surface area contributed by atoms with Gasteiger partial charge < -0.3 is 5.32 Å². The summed E-state index contributed by atoms with van der Waals surface area (Å²) in [4.78, 5) is 25.2. The number of amides is 2. The lowest BCUT2D eigenvalue weighted by molar-refractivity contribution is -0.126. The van der Waals surface area contributed by atoms with E-state index in [2.05, 4.69) is 5.32 Å². The van der Waals surface area contributed by atoms with Crippen LogP contribution in [0.3, 0.4) is 0 Å². The van der Waals surface area contributed by atoms with E-state index in [-0.39, 0.29) is 10.5 Å². The summed E-state index contributed by atoms with van der Waals surface area (Å²) in [6, 6.07) is 12.6. The Morgan fingerprint density at radius 2 is 1.59 bits per heavy atom. The number of carbonyl (C=O) groups excluding carboxylic acids is 2. The van der Waals surface area contributed by atoms with Gasteiger partial charge in [-0.05, 0) is 49.4 Å². The zero-order chi connectivity index (χ0) is 21.3. The third kappa shape index (κ3) is 3.82. The zero-order valence-electron chi connectivity index (χ0n) is 16.9. The normalized spacial score (nSPS) is 15.7. The average molecular weight is 413 g/mol. The van der Waals surface area contributed by atoms with E-state index in [1.165, 1.54) is 6.92 Å². The van der Waals surface area contributed by atoms with Crippen molar-refractivity contribution in [2.45, 2.75) is 34.1 Å². The molecular weight excluding hydrogens is 388 g/mol. The van der Waals surface area contributed by atoms with Gasteiger partial charge in [0.1, 0.15) is 11.4 Å². The fourth-order valence-corrected chi connectivity index (χ4v) is 5.20. The second-order valence-electron chi connectivity index (χ2n) is 7.14. The Labute approximate surface area is 171 Å². The SMILES string of the molecule is CCc1ccc(C2=C(C)C(=O)N(CC(=O)Nc3c(C)cccc3C)S2(=O)=O)cc1. The second-order valence-corrected chi connectivity index (χ2v) is 8.94. The molecule has 0 saturated heterocycles. The van der Waals surface area contributed by atoms with Crippen molar-refractivity contribution < 1.29 is 18.0 Å². The molecule has 3 rings (SSSR count). The van der Waals surface area contributed by atoms with Crippen LogP contribution in [0.25, 0.3) is 4.91 Å². The average Bonchev–Trinajstić information content (AvgIpc) is 2.84. The maximum Gasteiger partial charge on any atom is 0.268 e. The quantitative estimate of drug-likeness (QED) is 0.816. The third-order valence-electron chi connectivity index (χ3n) is 5.09. The molecule has 0 radical (unpaired) electrons. The first-order valence-electron chi connectivity index (χ1n) is 9.40. The Morgan fingerprint density at radius 3 is 2.14 bits per heavy atom. The van der Waals surface area contributed by atoms with E-state index in [9.17, 15) is 18.0 Å². The second kappa shape index (κ2) is 7.83. The molecule has 1 N–H and O–H groups in total. The Hall–Kier alpha value is -2.93.